The van der Waals surface area contributed by atoms with Crippen LogP contribution >= 0.6 is 0 Å². The number of rotatable bonds is 1. The number of hydrogen-bond donors (Lipinski definition) is 0. The largest absolute Gasteiger partial charge is 0.308 e. The van der Waals surface area contributed by atoms with E-state index >= 15 is 0 Å². The van der Waals surface area contributed by atoms with Crippen molar-refractivity contribution in [3.05, 3.63) is 77.4 Å². The van der Waals surface area contributed by atoms with Gasteiger partial charge >= 0.3 is 0 Å². The summed E-state index contributed by atoms with van der Waals surface area (Å²) in [7, 11) is 0. The summed E-state index contributed by atoms with van der Waals surface area (Å²) in [6.45, 7) is 4.23. The van der Waals surface area contributed by atoms with E-state index in [1.807, 2.05) is 24.3 Å². The lowest BCUT2D eigenvalue weighted by Gasteiger charge is -2.09. The molecule has 110 valence electrons. The number of benzene rings is 3. The van der Waals surface area contributed by atoms with E-state index in [2.05, 4.69) is 60.9 Å². The molecule has 0 saturated heterocycles. The first kappa shape index (κ1) is 13.6. The van der Waals surface area contributed by atoms with E-state index in [9.17, 15) is 5.26 Å². The van der Waals surface area contributed by atoms with Crippen LogP contribution in [0.15, 0.2) is 60.7 Å². The predicted molar refractivity (Wildman–Crippen MR) is 95.0 cm³/mol. The molecule has 0 amide bonds. The van der Waals surface area contributed by atoms with Crippen molar-refractivity contribution in [2.24, 2.45) is 0 Å². The lowest BCUT2D eigenvalue weighted by molar-refractivity contribution is 1.17. The molecule has 0 unspecified atom stereocenters. The molecule has 0 bridgehead atoms. The maximum atomic E-state index is 9.49. The zero-order valence-corrected chi connectivity index (χ0v) is 13.2. The summed E-state index contributed by atoms with van der Waals surface area (Å²) < 4.78 is 2.20. The fraction of sp³-hybridized carbons (Fsp3) is 0.0952. The fourth-order valence-corrected chi connectivity index (χ4v) is 3.27. The standard InChI is InChI=1S/C21H16N2/c1-14-7-9-20-17(11-14)18-12-15(2)8-10-21(18)23(20)19-6-4-3-5-16(19)13-22/h3-12H,1-2H3. The highest BCUT2D eigenvalue weighted by molar-refractivity contribution is 6.09. The van der Waals surface area contributed by atoms with Gasteiger partial charge in [0.25, 0.3) is 0 Å². The second kappa shape index (κ2) is 5.00. The predicted octanol–water partition coefficient (Wildman–Crippen LogP) is 5.27. The molecular formula is C21H16N2. The Morgan fingerprint density at radius 3 is 1.91 bits per heavy atom. The number of aromatic nitrogens is 1. The van der Waals surface area contributed by atoms with Crippen LogP contribution in [0.2, 0.25) is 0 Å². The molecular weight excluding hydrogens is 280 g/mol. The van der Waals surface area contributed by atoms with Gasteiger partial charge < -0.3 is 4.57 Å². The molecule has 2 heteroatoms. The molecule has 1 aromatic heterocycles. The first-order valence-electron chi connectivity index (χ1n) is 7.70. The van der Waals surface area contributed by atoms with Crippen LogP contribution < -0.4 is 0 Å². The number of hydrogen-bond acceptors (Lipinski definition) is 1. The Bertz CT molecular complexity index is 1030. The molecule has 0 spiro atoms. The second-order valence-corrected chi connectivity index (χ2v) is 6.01. The van der Waals surface area contributed by atoms with E-state index in [4.69, 9.17) is 0 Å². The minimum atomic E-state index is 0.687. The molecule has 23 heavy (non-hydrogen) atoms. The van der Waals surface area contributed by atoms with Crippen LogP contribution in [0.1, 0.15) is 16.7 Å². The summed E-state index contributed by atoms with van der Waals surface area (Å²) in [4.78, 5) is 0. The van der Waals surface area contributed by atoms with E-state index in [0.717, 1.165) is 16.7 Å². The number of aryl methyl sites for hydroxylation is 2. The molecule has 0 aliphatic heterocycles. The molecule has 0 fully saturated rings. The molecule has 0 saturated carbocycles. The van der Waals surface area contributed by atoms with Crippen LogP contribution in [0, 0.1) is 25.2 Å². The van der Waals surface area contributed by atoms with Crippen molar-refractivity contribution in [2.75, 3.05) is 0 Å². The third kappa shape index (κ3) is 2.02. The normalized spacial score (nSPS) is 11.0. The van der Waals surface area contributed by atoms with Crippen molar-refractivity contribution in [3.8, 4) is 11.8 Å². The van der Waals surface area contributed by atoms with Gasteiger partial charge in [-0.15, -0.1) is 0 Å². The lowest BCUT2D eigenvalue weighted by atomic mass is 10.1. The Labute approximate surface area is 135 Å². The zero-order chi connectivity index (χ0) is 16.0. The van der Waals surface area contributed by atoms with Gasteiger partial charge in [0.2, 0.25) is 0 Å². The van der Waals surface area contributed by atoms with Gasteiger partial charge in [-0.25, -0.2) is 0 Å². The molecule has 4 aromatic rings. The summed E-state index contributed by atoms with van der Waals surface area (Å²) in [6, 6.07) is 23.1. The monoisotopic (exact) mass is 296 g/mol. The van der Waals surface area contributed by atoms with Crippen LogP contribution in [-0.2, 0) is 0 Å². The summed E-state index contributed by atoms with van der Waals surface area (Å²) in [5.41, 5.74) is 6.38. The maximum Gasteiger partial charge on any atom is 0.101 e. The van der Waals surface area contributed by atoms with Crippen molar-refractivity contribution >= 4 is 21.8 Å². The third-order valence-corrected chi connectivity index (χ3v) is 4.34. The van der Waals surface area contributed by atoms with Crippen LogP contribution in [-0.4, -0.2) is 4.57 Å². The molecule has 0 radical (unpaired) electrons. The smallest absolute Gasteiger partial charge is 0.101 e. The van der Waals surface area contributed by atoms with Crippen LogP contribution in [0.25, 0.3) is 27.5 Å². The number of para-hydroxylation sites is 1. The Morgan fingerprint density at radius 2 is 1.35 bits per heavy atom. The van der Waals surface area contributed by atoms with Gasteiger partial charge in [0, 0.05) is 10.8 Å². The molecule has 0 aliphatic rings. The van der Waals surface area contributed by atoms with Gasteiger partial charge in [-0.3, -0.25) is 0 Å². The van der Waals surface area contributed by atoms with Crippen LogP contribution in [0.5, 0.6) is 0 Å². The highest BCUT2D eigenvalue weighted by Gasteiger charge is 2.14. The molecule has 3 aromatic carbocycles. The first-order chi connectivity index (χ1) is 11.2. The SMILES string of the molecule is Cc1ccc2c(c1)c1cc(C)ccc1n2-c1ccccc1C#N. The molecule has 1 heterocycles. The van der Waals surface area contributed by atoms with Crippen LogP contribution in [0.4, 0.5) is 0 Å². The molecule has 0 aliphatic carbocycles. The Hall–Kier alpha value is -3.05. The Kier molecular flexibility index (Phi) is 2.96. The summed E-state index contributed by atoms with van der Waals surface area (Å²) in [5.74, 6) is 0. The average Bonchev–Trinajstić information content (AvgIpc) is 2.87. The van der Waals surface area contributed by atoms with Crippen LogP contribution in [0.3, 0.4) is 0 Å². The summed E-state index contributed by atoms with van der Waals surface area (Å²) in [5, 5.41) is 12.0. The van der Waals surface area contributed by atoms with Crippen molar-refractivity contribution in [3.63, 3.8) is 0 Å². The highest BCUT2D eigenvalue weighted by Crippen LogP contribution is 2.34. The maximum absolute atomic E-state index is 9.49. The van der Waals surface area contributed by atoms with E-state index in [0.29, 0.717) is 5.56 Å². The quantitative estimate of drug-likeness (QED) is 0.470. The van der Waals surface area contributed by atoms with Gasteiger partial charge in [-0.2, -0.15) is 5.26 Å². The van der Waals surface area contributed by atoms with Gasteiger partial charge in [0.1, 0.15) is 6.07 Å². The van der Waals surface area contributed by atoms with Crippen molar-refractivity contribution in [2.45, 2.75) is 13.8 Å². The number of fused-ring (bicyclic) bond motifs is 3. The van der Waals surface area contributed by atoms with E-state index < -0.39 is 0 Å². The fourth-order valence-electron chi connectivity index (χ4n) is 3.27. The first-order valence-corrected chi connectivity index (χ1v) is 7.70. The second-order valence-electron chi connectivity index (χ2n) is 6.01. The molecule has 2 nitrogen and oxygen atoms in total. The Morgan fingerprint density at radius 1 is 0.783 bits per heavy atom. The van der Waals surface area contributed by atoms with Gasteiger partial charge in [0.05, 0.1) is 22.3 Å². The summed E-state index contributed by atoms with van der Waals surface area (Å²) in [6.07, 6.45) is 0. The van der Waals surface area contributed by atoms with E-state index in [1.165, 1.54) is 21.9 Å². The van der Waals surface area contributed by atoms with Gasteiger partial charge in [0.15, 0.2) is 0 Å². The molecule has 0 N–H and O–H groups in total. The number of nitriles is 1. The minimum absolute atomic E-state index is 0.687. The van der Waals surface area contributed by atoms with Gasteiger partial charge in [-0.05, 0) is 50.2 Å². The minimum Gasteiger partial charge on any atom is -0.308 e. The summed E-state index contributed by atoms with van der Waals surface area (Å²) >= 11 is 0. The van der Waals surface area contributed by atoms with Crippen molar-refractivity contribution in [1.82, 2.24) is 4.57 Å². The van der Waals surface area contributed by atoms with E-state index in [1.54, 1.807) is 0 Å². The third-order valence-electron chi connectivity index (χ3n) is 4.34. The topological polar surface area (TPSA) is 28.7 Å². The average molecular weight is 296 g/mol. The van der Waals surface area contributed by atoms with E-state index in [-0.39, 0.29) is 0 Å². The number of nitrogens with zero attached hydrogens (tertiary/aromatic N) is 2. The molecule has 0 atom stereocenters. The molecule has 4 rings (SSSR count). The Balaban J connectivity index is 2.23. The lowest BCUT2D eigenvalue weighted by Crippen LogP contribution is -1.97. The zero-order valence-electron chi connectivity index (χ0n) is 13.2. The van der Waals surface area contributed by atoms with Crippen molar-refractivity contribution < 1.29 is 0 Å². The van der Waals surface area contributed by atoms with Crippen molar-refractivity contribution in [1.29, 1.82) is 5.26 Å². The highest BCUT2D eigenvalue weighted by atomic mass is 15.0. The van der Waals surface area contributed by atoms with Gasteiger partial charge in [-0.1, -0.05) is 35.4 Å².